The fourth-order valence-corrected chi connectivity index (χ4v) is 3.60. The summed E-state index contributed by atoms with van der Waals surface area (Å²) < 4.78 is 0. The molecule has 0 N–H and O–H groups in total. The molecule has 1 aromatic heterocycles. The third-order valence-electron chi connectivity index (χ3n) is 3.24. The molecule has 21 heavy (non-hydrogen) atoms. The number of halogens is 1. The van der Waals surface area contributed by atoms with Gasteiger partial charge in [-0.3, -0.25) is 4.79 Å². The minimum atomic E-state index is -0.176. The largest absolute Gasteiger partial charge is 0.305 e. The van der Waals surface area contributed by atoms with Crippen LogP contribution in [0.3, 0.4) is 0 Å². The fourth-order valence-electron chi connectivity index (χ4n) is 2.31. The van der Waals surface area contributed by atoms with Crippen LogP contribution in [0, 0.1) is 6.92 Å². The van der Waals surface area contributed by atoms with Crippen LogP contribution in [0.1, 0.15) is 23.2 Å². The fraction of sp³-hybridized carbons (Fsp3) is 0.267. The highest BCUT2D eigenvalue weighted by Crippen LogP contribution is 2.38. The number of nitrogens with zero attached hydrogens (tertiary/aromatic N) is 3. The number of hydrogen-bond acceptors (Lipinski definition) is 4. The van der Waals surface area contributed by atoms with Crippen LogP contribution in [0.5, 0.6) is 0 Å². The molecule has 1 aliphatic heterocycles. The molecule has 1 aromatic carbocycles. The van der Waals surface area contributed by atoms with Crippen molar-refractivity contribution in [1.82, 2.24) is 9.97 Å². The van der Waals surface area contributed by atoms with Crippen molar-refractivity contribution in [2.24, 2.45) is 0 Å². The standard InChI is InChI=1S/C15H14ClN3OS/c1-9-8-19(12-5-3-4-6-13(12)21-9)15(20)14-11(16)7-17-10(2)18-14/h3-7,9H,8H2,1-2H3/t9-/m0/s1. The highest BCUT2D eigenvalue weighted by Gasteiger charge is 2.29. The van der Waals surface area contributed by atoms with Crippen molar-refractivity contribution in [3.05, 3.63) is 47.0 Å². The van der Waals surface area contributed by atoms with Crippen LogP contribution >= 0.6 is 23.4 Å². The van der Waals surface area contributed by atoms with Crippen molar-refractivity contribution >= 4 is 35.0 Å². The summed E-state index contributed by atoms with van der Waals surface area (Å²) in [6.07, 6.45) is 1.48. The first-order valence-electron chi connectivity index (χ1n) is 6.63. The number of rotatable bonds is 1. The van der Waals surface area contributed by atoms with Gasteiger partial charge in [-0.25, -0.2) is 9.97 Å². The van der Waals surface area contributed by atoms with E-state index in [9.17, 15) is 4.79 Å². The maximum atomic E-state index is 12.8. The topological polar surface area (TPSA) is 46.1 Å². The van der Waals surface area contributed by atoms with Gasteiger partial charge >= 0.3 is 0 Å². The van der Waals surface area contributed by atoms with Gasteiger partial charge in [0.15, 0.2) is 5.69 Å². The van der Waals surface area contributed by atoms with Crippen molar-refractivity contribution in [2.75, 3.05) is 11.4 Å². The number of thioether (sulfide) groups is 1. The minimum Gasteiger partial charge on any atom is -0.305 e. The van der Waals surface area contributed by atoms with Crippen LogP contribution in [-0.4, -0.2) is 27.7 Å². The smallest absolute Gasteiger partial charge is 0.278 e. The van der Waals surface area contributed by atoms with Gasteiger partial charge in [-0.2, -0.15) is 0 Å². The van der Waals surface area contributed by atoms with Crippen LogP contribution in [0.25, 0.3) is 0 Å². The van der Waals surface area contributed by atoms with E-state index in [-0.39, 0.29) is 16.6 Å². The normalized spacial score (nSPS) is 17.5. The Kier molecular flexibility index (Phi) is 3.87. The zero-order valence-electron chi connectivity index (χ0n) is 11.7. The Hall–Kier alpha value is -1.59. The summed E-state index contributed by atoms with van der Waals surface area (Å²) in [5.74, 6) is 0.362. The second-order valence-electron chi connectivity index (χ2n) is 4.93. The predicted octanol–water partition coefficient (Wildman–Crippen LogP) is 3.58. The van der Waals surface area contributed by atoms with Gasteiger partial charge in [0, 0.05) is 16.7 Å². The second kappa shape index (κ2) is 5.66. The minimum absolute atomic E-state index is 0.176. The molecule has 0 saturated carbocycles. The molecule has 0 fully saturated rings. The number of carbonyl (C=O) groups excluding carboxylic acids is 1. The number of benzene rings is 1. The Morgan fingerprint density at radius 1 is 1.43 bits per heavy atom. The summed E-state index contributed by atoms with van der Waals surface area (Å²) >= 11 is 7.87. The SMILES string of the molecule is Cc1ncc(Cl)c(C(=O)N2C[C@H](C)Sc3ccccc32)n1. The van der Waals surface area contributed by atoms with E-state index in [4.69, 9.17) is 11.6 Å². The van der Waals surface area contributed by atoms with Crippen LogP contribution in [0.15, 0.2) is 35.4 Å². The Balaban J connectivity index is 2.04. The number of carbonyl (C=O) groups is 1. The molecule has 0 unspecified atom stereocenters. The van der Waals surface area contributed by atoms with E-state index in [0.29, 0.717) is 17.6 Å². The molecule has 1 amide bonds. The third kappa shape index (κ3) is 2.76. The van der Waals surface area contributed by atoms with E-state index in [0.717, 1.165) is 10.6 Å². The number of aromatic nitrogens is 2. The van der Waals surface area contributed by atoms with E-state index < -0.39 is 0 Å². The summed E-state index contributed by atoms with van der Waals surface area (Å²) in [6.45, 7) is 4.49. The number of hydrogen-bond donors (Lipinski definition) is 0. The molecule has 4 nitrogen and oxygen atoms in total. The van der Waals surface area contributed by atoms with Gasteiger partial charge in [0.2, 0.25) is 0 Å². The Bertz CT molecular complexity index is 707. The molecule has 0 aliphatic carbocycles. The molecular weight excluding hydrogens is 306 g/mol. The van der Waals surface area contributed by atoms with E-state index in [1.165, 1.54) is 6.20 Å². The van der Waals surface area contributed by atoms with Crippen LogP contribution in [-0.2, 0) is 0 Å². The van der Waals surface area contributed by atoms with Gasteiger partial charge < -0.3 is 4.90 Å². The van der Waals surface area contributed by atoms with E-state index in [2.05, 4.69) is 16.9 Å². The quantitative estimate of drug-likeness (QED) is 0.806. The summed E-state index contributed by atoms with van der Waals surface area (Å²) in [5, 5.41) is 0.611. The molecule has 0 bridgehead atoms. The molecular formula is C15H14ClN3OS. The van der Waals surface area contributed by atoms with Gasteiger partial charge in [-0.15, -0.1) is 11.8 Å². The van der Waals surface area contributed by atoms with Crippen LogP contribution in [0.4, 0.5) is 5.69 Å². The molecule has 108 valence electrons. The lowest BCUT2D eigenvalue weighted by atomic mass is 10.2. The highest BCUT2D eigenvalue weighted by atomic mass is 35.5. The number of amides is 1. The monoisotopic (exact) mass is 319 g/mol. The maximum Gasteiger partial charge on any atom is 0.278 e. The first-order valence-corrected chi connectivity index (χ1v) is 7.88. The lowest BCUT2D eigenvalue weighted by Crippen LogP contribution is -2.39. The Morgan fingerprint density at radius 2 is 2.19 bits per heavy atom. The summed E-state index contributed by atoms with van der Waals surface area (Å²) in [4.78, 5) is 23.9. The summed E-state index contributed by atoms with van der Waals surface area (Å²) in [6, 6.07) is 7.90. The zero-order chi connectivity index (χ0) is 15.0. The lowest BCUT2D eigenvalue weighted by Gasteiger charge is -2.32. The highest BCUT2D eigenvalue weighted by molar-refractivity contribution is 8.00. The third-order valence-corrected chi connectivity index (χ3v) is 4.66. The molecule has 6 heteroatoms. The van der Waals surface area contributed by atoms with E-state index in [1.807, 2.05) is 24.3 Å². The lowest BCUT2D eigenvalue weighted by molar-refractivity contribution is 0.0981. The molecule has 2 heterocycles. The van der Waals surface area contributed by atoms with Gasteiger partial charge in [-0.1, -0.05) is 30.7 Å². The Labute approximate surface area is 132 Å². The van der Waals surface area contributed by atoms with Crippen LogP contribution < -0.4 is 4.90 Å². The van der Waals surface area contributed by atoms with Gasteiger partial charge in [0.05, 0.1) is 16.9 Å². The van der Waals surface area contributed by atoms with Gasteiger partial charge in [0.1, 0.15) is 5.82 Å². The molecule has 1 atom stereocenters. The van der Waals surface area contributed by atoms with Gasteiger partial charge in [0.25, 0.3) is 5.91 Å². The van der Waals surface area contributed by atoms with Crippen molar-refractivity contribution < 1.29 is 4.79 Å². The Morgan fingerprint density at radius 3 is 3.00 bits per heavy atom. The van der Waals surface area contributed by atoms with E-state index >= 15 is 0 Å². The second-order valence-corrected chi connectivity index (χ2v) is 6.81. The molecule has 0 radical (unpaired) electrons. The zero-order valence-corrected chi connectivity index (χ0v) is 13.3. The first kappa shape index (κ1) is 14.4. The number of aryl methyl sites for hydroxylation is 1. The molecule has 2 aromatic rings. The maximum absolute atomic E-state index is 12.8. The first-order chi connectivity index (χ1) is 10.1. The van der Waals surface area contributed by atoms with Crippen molar-refractivity contribution in [1.29, 1.82) is 0 Å². The van der Waals surface area contributed by atoms with Crippen molar-refractivity contribution in [3.8, 4) is 0 Å². The molecule has 1 aliphatic rings. The van der Waals surface area contributed by atoms with Crippen LogP contribution in [0.2, 0.25) is 5.02 Å². The number of fused-ring (bicyclic) bond motifs is 1. The van der Waals surface area contributed by atoms with Crippen molar-refractivity contribution in [3.63, 3.8) is 0 Å². The number of anilines is 1. The summed E-state index contributed by atoms with van der Waals surface area (Å²) in [5.41, 5.74) is 1.18. The van der Waals surface area contributed by atoms with Crippen molar-refractivity contribution in [2.45, 2.75) is 24.0 Å². The summed E-state index contributed by atoms with van der Waals surface area (Å²) in [7, 11) is 0. The molecule has 0 spiro atoms. The molecule has 0 saturated heterocycles. The average molecular weight is 320 g/mol. The number of para-hydroxylation sites is 1. The average Bonchev–Trinajstić information content (AvgIpc) is 2.48. The molecule has 3 rings (SSSR count). The van der Waals surface area contributed by atoms with Gasteiger partial charge in [-0.05, 0) is 19.1 Å². The van der Waals surface area contributed by atoms with E-state index in [1.54, 1.807) is 23.6 Å². The predicted molar refractivity (Wildman–Crippen MR) is 85.2 cm³/mol.